The Hall–Kier alpha value is -0.910. The fraction of sp³-hybridized carbons (Fsp3) is 0.538. The second-order valence-corrected chi connectivity index (χ2v) is 6.67. The van der Waals surface area contributed by atoms with Crippen LogP contribution in [0.4, 0.5) is 0 Å². The van der Waals surface area contributed by atoms with Crippen molar-refractivity contribution in [1.29, 1.82) is 0 Å². The van der Waals surface area contributed by atoms with Crippen LogP contribution in [-0.2, 0) is 22.3 Å². The van der Waals surface area contributed by atoms with E-state index >= 15 is 0 Å². The van der Waals surface area contributed by atoms with Crippen LogP contribution < -0.4 is 10.5 Å². The van der Waals surface area contributed by atoms with Gasteiger partial charge in [-0.3, -0.25) is 0 Å². The van der Waals surface area contributed by atoms with Gasteiger partial charge < -0.3 is 5.73 Å². The minimum atomic E-state index is -3.24. The lowest BCUT2D eigenvalue weighted by Crippen LogP contribution is -2.27. The van der Waals surface area contributed by atoms with Crippen LogP contribution in [0.25, 0.3) is 0 Å². The average molecular weight is 268 g/mol. The second-order valence-electron chi connectivity index (χ2n) is 4.86. The molecule has 0 saturated heterocycles. The molecule has 100 valence electrons. The maximum atomic E-state index is 11.9. The maximum Gasteiger partial charge on any atom is 0.215 e. The molecule has 0 aromatic heterocycles. The smallest absolute Gasteiger partial charge is 0.215 e. The predicted molar refractivity (Wildman–Crippen MR) is 72.3 cm³/mol. The molecule has 18 heavy (non-hydrogen) atoms. The third kappa shape index (κ3) is 4.08. The van der Waals surface area contributed by atoms with Gasteiger partial charge in [0, 0.05) is 13.1 Å². The van der Waals surface area contributed by atoms with Gasteiger partial charge in [-0.05, 0) is 23.5 Å². The van der Waals surface area contributed by atoms with Crippen molar-refractivity contribution in [2.75, 3.05) is 6.54 Å². The number of nitrogens with one attached hydrogen (secondary N) is 1. The molecule has 1 aliphatic carbocycles. The molecule has 0 unspecified atom stereocenters. The molecule has 0 amide bonds. The molecule has 0 atom stereocenters. The second kappa shape index (κ2) is 5.82. The van der Waals surface area contributed by atoms with E-state index in [2.05, 4.69) is 4.72 Å². The highest BCUT2D eigenvalue weighted by Gasteiger charge is 2.21. The summed E-state index contributed by atoms with van der Waals surface area (Å²) in [5.41, 5.74) is 7.29. The normalized spacial score (nSPS) is 15.8. The SMILES string of the molecule is NCc1ccccc1CS(=O)(=O)NCCC1CC1. The van der Waals surface area contributed by atoms with Gasteiger partial charge in [-0.1, -0.05) is 37.1 Å². The quantitative estimate of drug-likeness (QED) is 0.784. The first kappa shape index (κ1) is 13.5. The fourth-order valence-corrected chi connectivity index (χ4v) is 3.20. The molecule has 1 fully saturated rings. The monoisotopic (exact) mass is 268 g/mol. The Kier molecular flexibility index (Phi) is 4.37. The number of sulfonamides is 1. The summed E-state index contributed by atoms with van der Waals surface area (Å²) in [5.74, 6) is 0.759. The van der Waals surface area contributed by atoms with Gasteiger partial charge in [0.05, 0.1) is 5.75 Å². The van der Waals surface area contributed by atoms with Crippen LogP contribution in [0.15, 0.2) is 24.3 Å². The van der Waals surface area contributed by atoms with Crippen molar-refractivity contribution in [2.45, 2.75) is 31.6 Å². The first-order valence-electron chi connectivity index (χ1n) is 6.35. The summed E-state index contributed by atoms with van der Waals surface area (Å²) in [7, 11) is -3.24. The van der Waals surface area contributed by atoms with E-state index < -0.39 is 10.0 Å². The van der Waals surface area contributed by atoms with E-state index in [0.717, 1.165) is 23.5 Å². The minimum absolute atomic E-state index is 0.0189. The van der Waals surface area contributed by atoms with Gasteiger partial charge >= 0.3 is 0 Å². The molecule has 0 bridgehead atoms. The standard InChI is InChI=1S/C13H20N2O2S/c14-9-12-3-1-2-4-13(12)10-18(16,17)15-8-7-11-5-6-11/h1-4,11,15H,5-10,14H2. The summed E-state index contributed by atoms with van der Waals surface area (Å²) in [5, 5.41) is 0. The van der Waals surface area contributed by atoms with Gasteiger partial charge in [0.1, 0.15) is 0 Å². The highest BCUT2D eigenvalue weighted by atomic mass is 32.2. The lowest BCUT2D eigenvalue weighted by atomic mass is 10.1. The molecule has 5 heteroatoms. The van der Waals surface area contributed by atoms with Crippen molar-refractivity contribution in [3.05, 3.63) is 35.4 Å². The molecule has 0 spiro atoms. The van der Waals surface area contributed by atoms with E-state index in [1.165, 1.54) is 12.8 Å². The highest BCUT2D eigenvalue weighted by Crippen LogP contribution is 2.31. The summed E-state index contributed by atoms with van der Waals surface area (Å²) in [4.78, 5) is 0. The average Bonchev–Trinajstić information content (AvgIpc) is 3.13. The van der Waals surface area contributed by atoms with Gasteiger partial charge in [0.2, 0.25) is 10.0 Å². The van der Waals surface area contributed by atoms with Crippen molar-refractivity contribution < 1.29 is 8.42 Å². The lowest BCUT2D eigenvalue weighted by molar-refractivity contribution is 0.574. The molecular weight excluding hydrogens is 248 g/mol. The molecule has 0 heterocycles. The van der Waals surface area contributed by atoms with Crippen molar-refractivity contribution >= 4 is 10.0 Å². The van der Waals surface area contributed by atoms with E-state index in [1.54, 1.807) is 0 Å². The number of rotatable bonds is 7. The zero-order valence-electron chi connectivity index (χ0n) is 10.4. The zero-order chi connectivity index (χ0) is 13.0. The van der Waals surface area contributed by atoms with Crippen LogP contribution in [0.3, 0.4) is 0 Å². The van der Waals surface area contributed by atoms with Gasteiger partial charge in [0.25, 0.3) is 0 Å². The van der Waals surface area contributed by atoms with Crippen LogP contribution >= 0.6 is 0 Å². The number of hydrogen-bond acceptors (Lipinski definition) is 3. The van der Waals surface area contributed by atoms with Crippen molar-refractivity contribution in [1.82, 2.24) is 4.72 Å². The van der Waals surface area contributed by atoms with Crippen LogP contribution in [0.1, 0.15) is 30.4 Å². The fourth-order valence-electron chi connectivity index (χ4n) is 1.98. The Balaban J connectivity index is 1.93. The minimum Gasteiger partial charge on any atom is -0.326 e. The first-order valence-corrected chi connectivity index (χ1v) is 8.00. The van der Waals surface area contributed by atoms with Crippen LogP contribution in [0.5, 0.6) is 0 Å². The molecule has 0 aliphatic heterocycles. The van der Waals surface area contributed by atoms with Crippen molar-refractivity contribution in [3.63, 3.8) is 0 Å². The Morgan fingerprint density at radius 1 is 1.22 bits per heavy atom. The molecule has 1 aromatic rings. The first-order chi connectivity index (χ1) is 8.61. The molecule has 1 saturated carbocycles. The lowest BCUT2D eigenvalue weighted by Gasteiger charge is -2.09. The van der Waals surface area contributed by atoms with Crippen molar-refractivity contribution in [2.24, 2.45) is 11.7 Å². The summed E-state index contributed by atoms with van der Waals surface area (Å²) in [6.45, 7) is 0.922. The van der Waals surface area contributed by atoms with Crippen LogP contribution in [0, 0.1) is 5.92 Å². The van der Waals surface area contributed by atoms with Gasteiger partial charge in [-0.25, -0.2) is 13.1 Å². The van der Waals surface area contributed by atoms with Crippen LogP contribution in [-0.4, -0.2) is 15.0 Å². The number of nitrogens with two attached hydrogens (primary N) is 1. The van der Waals surface area contributed by atoms with E-state index in [0.29, 0.717) is 13.1 Å². The third-order valence-corrected chi connectivity index (χ3v) is 4.59. The van der Waals surface area contributed by atoms with Gasteiger partial charge in [-0.2, -0.15) is 0 Å². The predicted octanol–water partition coefficient (Wildman–Crippen LogP) is 1.36. The summed E-state index contributed by atoms with van der Waals surface area (Å²) in [6, 6.07) is 7.41. The molecule has 2 rings (SSSR count). The van der Waals surface area contributed by atoms with E-state index in [1.807, 2.05) is 24.3 Å². The summed E-state index contributed by atoms with van der Waals surface area (Å²) in [6.07, 6.45) is 3.45. The highest BCUT2D eigenvalue weighted by molar-refractivity contribution is 7.88. The maximum absolute atomic E-state index is 11.9. The Bertz CT molecular complexity index is 495. The van der Waals surface area contributed by atoms with E-state index in [4.69, 9.17) is 5.73 Å². The Morgan fingerprint density at radius 3 is 2.50 bits per heavy atom. The van der Waals surface area contributed by atoms with Crippen LogP contribution in [0.2, 0.25) is 0 Å². The molecular formula is C13H20N2O2S. The molecule has 3 N–H and O–H groups in total. The number of benzene rings is 1. The molecule has 4 nitrogen and oxygen atoms in total. The van der Waals surface area contributed by atoms with Crippen molar-refractivity contribution in [3.8, 4) is 0 Å². The number of hydrogen-bond donors (Lipinski definition) is 2. The molecule has 1 aromatic carbocycles. The van der Waals surface area contributed by atoms with Gasteiger partial charge in [-0.15, -0.1) is 0 Å². The summed E-state index contributed by atoms with van der Waals surface area (Å²) >= 11 is 0. The van der Waals surface area contributed by atoms with E-state index in [9.17, 15) is 8.42 Å². The van der Waals surface area contributed by atoms with Gasteiger partial charge in [0.15, 0.2) is 0 Å². The summed E-state index contributed by atoms with van der Waals surface area (Å²) < 4.78 is 26.5. The Labute approximate surface area is 109 Å². The zero-order valence-corrected chi connectivity index (χ0v) is 11.2. The largest absolute Gasteiger partial charge is 0.326 e. The third-order valence-electron chi connectivity index (χ3n) is 3.26. The Morgan fingerprint density at radius 2 is 1.89 bits per heavy atom. The van der Waals surface area contributed by atoms with E-state index in [-0.39, 0.29) is 5.75 Å². The molecule has 0 radical (unpaired) electrons. The topological polar surface area (TPSA) is 72.2 Å². The molecule has 1 aliphatic rings.